The molecular weight excluding hydrogens is 189 g/mol. The number of pyridine rings is 1. The van der Waals surface area contributed by atoms with Gasteiger partial charge in [0.25, 0.3) is 0 Å². The first-order valence-electron chi connectivity index (χ1n) is 1.99. The molecule has 8 heavy (non-hydrogen) atoms. The summed E-state index contributed by atoms with van der Waals surface area (Å²) < 4.78 is 0.640. The zero-order valence-electron chi connectivity index (χ0n) is 3.86. The molecule has 0 aliphatic carbocycles. The van der Waals surface area contributed by atoms with Crippen LogP contribution in [-0.2, 0) is 0 Å². The Morgan fingerprint density at radius 1 is 1.75 bits per heavy atom. The van der Waals surface area contributed by atoms with E-state index in [1.165, 1.54) is 0 Å². The highest BCUT2D eigenvalue weighted by Crippen LogP contribution is 2.16. The SMILES string of the molecule is Clc1cc[c]nc1Br. The van der Waals surface area contributed by atoms with Crippen LogP contribution in [0, 0.1) is 6.20 Å². The van der Waals surface area contributed by atoms with Gasteiger partial charge < -0.3 is 0 Å². The van der Waals surface area contributed by atoms with Crippen molar-refractivity contribution in [2.75, 3.05) is 0 Å². The average Bonchev–Trinajstić information content (AvgIpc) is 1.77. The van der Waals surface area contributed by atoms with Crippen molar-refractivity contribution in [3.05, 3.63) is 28.0 Å². The van der Waals surface area contributed by atoms with Crippen molar-refractivity contribution in [2.24, 2.45) is 0 Å². The van der Waals surface area contributed by atoms with Crippen molar-refractivity contribution < 1.29 is 0 Å². The molecule has 0 aromatic carbocycles. The van der Waals surface area contributed by atoms with Gasteiger partial charge in [-0.3, -0.25) is 0 Å². The normalized spacial score (nSPS) is 9.25. The molecule has 0 bridgehead atoms. The summed E-state index contributed by atoms with van der Waals surface area (Å²) in [6.45, 7) is 0. The van der Waals surface area contributed by atoms with Crippen molar-refractivity contribution in [2.45, 2.75) is 0 Å². The lowest BCUT2D eigenvalue weighted by Crippen LogP contribution is -1.72. The Morgan fingerprint density at radius 3 is 2.88 bits per heavy atom. The van der Waals surface area contributed by atoms with E-state index in [1.807, 2.05) is 0 Å². The summed E-state index contributed by atoms with van der Waals surface area (Å²) in [6, 6.07) is 3.38. The molecule has 0 atom stereocenters. The quantitative estimate of drug-likeness (QED) is 0.574. The van der Waals surface area contributed by atoms with E-state index in [9.17, 15) is 0 Å². The molecule has 3 heteroatoms. The van der Waals surface area contributed by atoms with E-state index >= 15 is 0 Å². The Bertz CT molecular complexity index is 169. The third-order valence-corrected chi connectivity index (χ3v) is 1.80. The molecule has 1 aromatic rings. The molecule has 1 nitrogen and oxygen atoms in total. The molecule has 1 radical (unpaired) electrons. The van der Waals surface area contributed by atoms with Crippen LogP contribution < -0.4 is 0 Å². The van der Waals surface area contributed by atoms with Crippen molar-refractivity contribution >= 4 is 27.5 Å². The van der Waals surface area contributed by atoms with Crippen LogP contribution in [0.15, 0.2) is 16.7 Å². The van der Waals surface area contributed by atoms with Gasteiger partial charge in [0.05, 0.1) is 11.2 Å². The first-order chi connectivity index (χ1) is 3.80. The van der Waals surface area contributed by atoms with Crippen LogP contribution in [0.5, 0.6) is 0 Å². The van der Waals surface area contributed by atoms with Crippen LogP contribution in [0.4, 0.5) is 0 Å². The van der Waals surface area contributed by atoms with Crippen LogP contribution in [0.1, 0.15) is 0 Å². The highest BCUT2D eigenvalue weighted by molar-refractivity contribution is 9.10. The molecule has 1 heterocycles. The largest absolute Gasteiger partial charge is 0.238 e. The van der Waals surface area contributed by atoms with Crippen LogP contribution in [0.25, 0.3) is 0 Å². The minimum Gasteiger partial charge on any atom is -0.238 e. The maximum atomic E-state index is 5.58. The maximum Gasteiger partial charge on any atom is 0.125 e. The van der Waals surface area contributed by atoms with Crippen molar-refractivity contribution in [3.8, 4) is 0 Å². The number of hydrogen-bond acceptors (Lipinski definition) is 1. The first-order valence-corrected chi connectivity index (χ1v) is 3.16. The number of nitrogens with zero attached hydrogens (tertiary/aromatic N) is 1. The van der Waals surface area contributed by atoms with Gasteiger partial charge in [0.1, 0.15) is 4.60 Å². The first kappa shape index (κ1) is 6.05. The lowest BCUT2D eigenvalue weighted by molar-refractivity contribution is 1.26. The van der Waals surface area contributed by atoms with Gasteiger partial charge in [-0.15, -0.1) is 0 Å². The van der Waals surface area contributed by atoms with E-state index in [0.29, 0.717) is 9.63 Å². The Labute approximate surface area is 60.8 Å². The summed E-state index contributed by atoms with van der Waals surface area (Å²) >= 11 is 8.70. The summed E-state index contributed by atoms with van der Waals surface area (Å²) in [5.41, 5.74) is 0. The van der Waals surface area contributed by atoms with Crippen LogP contribution >= 0.6 is 27.5 Å². The molecule has 0 fully saturated rings. The summed E-state index contributed by atoms with van der Waals surface area (Å²) in [7, 11) is 0. The lowest BCUT2D eigenvalue weighted by atomic mass is 10.5. The molecule has 0 spiro atoms. The summed E-state index contributed by atoms with van der Waals surface area (Å²) in [6.07, 6.45) is 2.62. The number of rotatable bonds is 0. The molecule has 0 saturated heterocycles. The van der Waals surface area contributed by atoms with E-state index in [1.54, 1.807) is 12.1 Å². The standard InChI is InChI=1S/C5H2BrClN/c6-5-4(7)2-1-3-8-5/h1-2H. The minimum absolute atomic E-state index is 0.615. The van der Waals surface area contributed by atoms with Gasteiger partial charge in [-0.2, -0.15) is 0 Å². The molecule has 1 rings (SSSR count). The lowest BCUT2D eigenvalue weighted by Gasteiger charge is -1.87. The molecule has 0 N–H and O–H groups in total. The zero-order valence-corrected chi connectivity index (χ0v) is 6.20. The minimum atomic E-state index is 0.615. The summed E-state index contributed by atoms with van der Waals surface area (Å²) in [5.74, 6) is 0. The predicted molar refractivity (Wildman–Crippen MR) is 35.8 cm³/mol. The number of hydrogen-bond donors (Lipinski definition) is 0. The Balaban J connectivity index is 3.13. The van der Waals surface area contributed by atoms with Crippen molar-refractivity contribution in [3.63, 3.8) is 0 Å². The summed E-state index contributed by atoms with van der Waals surface area (Å²) in [5, 5.41) is 0.615. The Morgan fingerprint density at radius 2 is 2.50 bits per heavy atom. The van der Waals surface area contributed by atoms with Gasteiger partial charge in [-0.05, 0) is 28.1 Å². The maximum absolute atomic E-state index is 5.58. The topological polar surface area (TPSA) is 12.9 Å². The van der Waals surface area contributed by atoms with Crippen molar-refractivity contribution in [1.82, 2.24) is 4.98 Å². The molecule has 0 amide bonds. The van der Waals surface area contributed by atoms with Crippen LogP contribution in [-0.4, -0.2) is 4.98 Å². The van der Waals surface area contributed by atoms with Gasteiger partial charge in [-0.1, -0.05) is 11.6 Å². The fourth-order valence-electron chi connectivity index (χ4n) is 0.327. The molecule has 0 aliphatic rings. The Hall–Kier alpha value is -0.0800. The molecule has 0 aliphatic heterocycles. The Kier molecular flexibility index (Phi) is 1.86. The van der Waals surface area contributed by atoms with E-state index in [2.05, 4.69) is 27.1 Å². The van der Waals surface area contributed by atoms with E-state index in [-0.39, 0.29) is 0 Å². The second-order valence-electron chi connectivity index (χ2n) is 1.21. The zero-order chi connectivity index (χ0) is 5.98. The van der Waals surface area contributed by atoms with Crippen molar-refractivity contribution in [1.29, 1.82) is 0 Å². The van der Waals surface area contributed by atoms with Crippen LogP contribution in [0.3, 0.4) is 0 Å². The molecule has 0 saturated carbocycles. The van der Waals surface area contributed by atoms with Gasteiger partial charge in [0.2, 0.25) is 0 Å². The summed E-state index contributed by atoms with van der Waals surface area (Å²) in [4.78, 5) is 3.74. The van der Waals surface area contributed by atoms with E-state index < -0.39 is 0 Å². The van der Waals surface area contributed by atoms with E-state index in [0.717, 1.165) is 0 Å². The van der Waals surface area contributed by atoms with E-state index in [4.69, 9.17) is 11.6 Å². The smallest absolute Gasteiger partial charge is 0.125 e. The molecule has 41 valence electrons. The predicted octanol–water partition coefficient (Wildman–Crippen LogP) is 2.30. The van der Waals surface area contributed by atoms with Gasteiger partial charge in [-0.25, -0.2) is 4.98 Å². The van der Waals surface area contributed by atoms with Gasteiger partial charge in [0.15, 0.2) is 0 Å². The second kappa shape index (κ2) is 2.46. The fraction of sp³-hybridized carbons (Fsp3) is 0. The molecule has 0 unspecified atom stereocenters. The number of aromatic nitrogens is 1. The highest BCUT2D eigenvalue weighted by atomic mass is 79.9. The van der Waals surface area contributed by atoms with Gasteiger partial charge >= 0.3 is 0 Å². The highest BCUT2D eigenvalue weighted by Gasteiger charge is 1.91. The van der Waals surface area contributed by atoms with Gasteiger partial charge in [0, 0.05) is 0 Å². The monoisotopic (exact) mass is 190 g/mol. The fourth-order valence-corrected chi connectivity index (χ4v) is 0.666. The molecular formula is C5H2BrClN. The third-order valence-electron chi connectivity index (χ3n) is 0.664. The number of halogens is 2. The second-order valence-corrected chi connectivity index (χ2v) is 2.37. The third kappa shape index (κ3) is 1.20. The average molecular weight is 191 g/mol. The van der Waals surface area contributed by atoms with Crippen LogP contribution in [0.2, 0.25) is 5.02 Å². The molecule has 1 aromatic heterocycles.